The highest BCUT2D eigenvalue weighted by atomic mass is 19.4. The number of aliphatic carboxylic acids is 1. The number of alkyl halides is 3. The Labute approximate surface area is 106 Å². The standard InChI is InChI=1S/C8H11N3O.C2HF3O2/c9-8-2-1-6(5-10-8)7-3-4-12-11-7;3-2(4,5)1(6)7/h1-2,5,7,11H,3-4H2,(H2,9,10);(H,6,7). The predicted molar refractivity (Wildman–Crippen MR) is 58.8 cm³/mol. The van der Waals surface area contributed by atoms with Crippen molar-refractivity contribution in [2.45, 2.75) is 18.6 Å². The van der Waals surface area contributed by atoms with E-state index in [0.29, 0.717) is 5.82 Å². The number of anilines is 1. The van der Waals surface area contributed by atoms with Gasteiger partial charge in [0.1, 0.15) is 5.82 Å². The fourth-order valence-electron chi connectivity index (χ4n) is 1.25. The predicted octanol–water partition coefficient (Wildman–Crippen LogP) is 1.26. The SMILES string of the molecule is Nc1ccc(C2CCON2)cn1.O=C(O)C(F)(F)F. The van der Waals surface area contributed by atoms with Crippen molar-refractivity contribution in [1.29, 1.82) is 0 Å². The lowest BCUT2D eigenvalue weighted by atomic mass is 10.1. The fraction of sp³-hybridized carbons (Fsp3) is 0.400. The molecule has 1 atom stereocenters. The molecule has 0 spiro atoms. The molecule has 1 fully saturated rings. The fourth-order valence-corrected chi connectivity index (χ4v) is 1.25. The number of carboxylic acid groups (broad SMARTS) is 1. The molecule has 0 amide bonds. The van der Waals surface area contributed by atoms with E-state index in [2.05, 4.69) is 10.5 Å². The topological polar surface area (TPSA) is 97.5 Å². The summed E-state index contributed by atoms with van der Waals surface area (Å²) in [7, 11) is 0. The number of nitrogens with zero attached hydrogens (tertiary/aromatic N) is 1. The second kappa shape index (κ2) is 6.34. The van der Waals surface area contributed by atoms with E-state index in [0.717, 1.165) is 18.6 Å². The van der Waals surface area contributed by atoms with Gasteiger partial charge in [-0.15, -0.1) is 0 Å². The van der Waals surface area contributed by atoms with Gasteiger partial charge in [-0.05, 0) is 18.1 Å². The summed E-state index contributed by atoms with van der Waals surface area (Å²) in [6.45, 7) is 0.759. The minimum Gasteiger partial charge on any atom is -0.475 e. The van der Waals surface area contributed by atoms with Crippen LogP contribution in [0.15, 0.2) is 18.3 Å². The smallest absolute Gasteiger partial charge is 0.475 e. The number of carboxylic acids is 1. The number of hydroxylamine groups is 1. The van der Waals surface area contributed by atoms with Crippen LogP contribution in [0.2, 0.25) is 0 Å². The Balaban J connectivity index is 0.000000224. The number of nitrogen functional groups attached to an aromatic ring is 1. The number of rotatable bonds is 1. The molecule has 106 valence electrons. The van der Waals surface area contributed by atoms with E-state index in [-0.39, 0.29) is 6.04 Å². The van der Waals surface area contributed by atoms with Crippen molar-refractivity contribution >= 4 is 11.8 Å². The lowest BCUT2D eigenvalue weighted by Crippen LogP contribution is -2.21. The van der Waals surface area contributed by atoms with Crippen LogP contribution in [-0.2, 0) is 9.63 Å². The maximum absolute atomic E-state index is 10.6. The third-order valence-electron chi connectivity index (χ3n) is 2.19. The first-order chi connectivity index (χ1) is 8.80. The van der Waals surface area contributed by atoms with Gasteiger partial charge >= 0.3 is 12.1 Å². The first kappa shape index (κ1) is 15.2. The summed E-state index contributed by atoms with van der Waals surface area (Å²) in [6, 6.07) is 4.04. The van der Waals surface area contributed by atoms with E-state index in [1.54, 1.807) is 12.3 Å². The zero-order valence-corrected chi connectivity index (χ0v) is 9.65. The Hall–Kier alpha value is -1.87. The van der Waals surface area contributed by atoms with Gasteiger partial charge in [-0.25, -0.2) is 9.78 Å². The van der Waals surface area contributed by atoms with E-state index in [4.69, 9.17) is 20.5 Å². The average molecular weight is 279 g/mol. The summed E-state index contributed by atoms with van der Waals surface area (Å²) < 4.78 is 31.7. The van der Waals surface area contributed by atoms with Crippen LogP contribution >= 0.6 is 0 Å². The van der Waals surface area contributed by atoms with Crippen molar-refractivity contribution in [3.8, 4) is 0 Å². The van der Waals surface area contributed by atoms with Crippen molar-refractivity contribution in [1.82, 2.24) is 10.5 Å². The third kappa shape index (κ3) is 5.10. The largest absolute Gasteiger partial charge is 0.490 e. The lowest BCUT2D eigenvalue weighted by Gasteiger charge is -2.07. The van der Waals surface area contributed by atoms with Crippen LogP contribution in [-0.4, -0.2) is 28.8 Å². The van der Waals surface area contributed by atoms with Crippen LogP contribution in [0.1, 0.15) is 18.0 Å². The molecule has 0 saturated carbocycles. The van der Waals surface area contributed by atoms with Gasteiger partial charge in [0, 0.05) is 6.20 Å². The van der Waals surface area contributed by atoms with E-state index in [1.165, 1.54) is 0 Å². The maximum atomic E-state index is 10.6. The van der Waals surface area contributed by atoms with Gasteiger partial charge in [0.25, 0.3) is 0 Å². The van der Waals surface area contributed by atoms with Crippen molar-refractivity contribution in [3.63, 3.8) is 0 Å². The van der Waals surface area contributed by atoms with Crippen LogP contribution in [0, 0.1) is 0 Å². The van der Waals surface area contributed by atoms with E-state index in [1.807, 2.05) is 6.07 Å². The lowest BCUT2D eigenvalue weighted by molar-refractivity contribution is -0.192. The summed E-state index contributed by atoms with van der Waals surface area (Å²) in [5.74, 6) is -2.20. The average Bonchev–Trinajstić information content (AvgIpc) is 2.83. The number of pyridine rings is 1. The molecule has 1 aromatic rings. The maximum Gasteiger partial charge on any atom is 0.490 e. The number of halogens is 3. The van der Waals surface area contributed by atoms with Gasteiger partial charge in [-0.1, -0.05) is 6.07 Å². The molecule has 2 heterocycles. The highest BCUT2D eigenvalue weighted by Crippen LogP contribution is 2.20. The number of carbonyl (C=O) groups is 1. The minimum atomic E-state index is -5.08. The Bertz CT molecular complexity index is 416. The second-order valence-electron chi connectivity index (χ2n) is 3.63. The number of nitrogens with two attached hydrogens (primary N) is 1. The third-order valence-corrected chi connectivity index (χ3v) is 2.19. The highest BCUT2D eigenvalue weighted by molar-refractivity contribution is 5.73. The summed E-state index contributed by atoms with van der Waals surface area (Å²) in [5.41, 5.74) is 9.50. The molecule has 1 saturated heterocycles. The van der Waals surface area contributed by atoms with Crippen LogP contribution in [0.25, 0.3) is 0 Å². The number of hydrogen-bond acceptors (Lipinski definition) is 5. The van der Waals surface area contributed by atoms with Crippen molar-refractivity contribution in [3.05, 3.63) is 23.9 Å². The molecule has 0 aromatic carbocycles. The van der Waals surface area contributed by atoms with Gasteiger partial charge in [0.15, 0.2) is 0 Å². The van der Waals surface area contributed by atoms with Crippen LogP contribution in [0.4, 0.5) is 19.0 Å². The van der Waals surface area contributed by atoms with Crippen molar-refractivity contribution in [2.75, 3.05) is 12.3 Å². The normalized spacial score (nSPS) is 18.6. The van der Waals surface area contributed by atoms with Crippen molar-refractivity contribution in [2.24, 2.45) is 0 Å². The number of nitrogens with one attached hydrogen (secondary N) is 1. The molecule has 0 aliphatic carbocycles. The molecular weight excluding hydrogens is 267 g/mol. The molecule has 19 heavy (non-hydrogen) atoms. The summed E-state index contributed by atoms with van der Waals surface area (Å²) in [6.07, 6.45) is -2.31. The van der Waals surface area contributed by atoms with E-state index < -0.39 is 12.1 Å². The molecule has 4 N–H and O–H groups in total. The highest BCUT2D eigenvalue weighted by Gasteiger charge is 2.38. The number of hydrogen-bond donors (Lipinski definition) is 3. The van der Waals surface area contributed by atoms with Crippen LogP contribution in [0.3, 0.4) is 0 Å². The zero-order chi connectivity index (χ0) is 14.5. The molecule has 1 aromatic heterocycles. The van der Waals surface area contributed by atoms with Gasteiger partial charge in [0.05, 0.1) is 12.6 Å². The Morgan fingerprint density at radius 2 is 2.16 bits per heavy atom. The molecule has 9 heteroatoms. The first-order valence-corrected chi connectivity index (χ1v) is 5.19. The molecule has 2 rings (SSSR count). The molecule has 1 unspecified atom stereocenters. The summed E-state index contributed by atoms with van der Waals surface area (Å²) >= 11 is 0. The molecule has 6 nitrogen and oxygen atoms in total. The van der Waals surface area contributed by atoms with Crippen LogP contribution in [0.5, 0.6) is 0 Å². The minimum absolute atomic E-state index is 0.276. The first-order valence-electron chi connectivity index (χ1n) is 5.19. The van der Waals surface area contributed by atoms with Gasteiger partial charge in [0.2, 0.25) is 0 Å². The summed E-state index contributed by atoms with van der Waals surface area (Å²) in [4.78, 5) is 17.9. The molecule has 0 bridgehead atoms. The monoisotopic (exact) mass is 279 g/mol. The zero-order valence-electron chi connectivity index (χ0n) is 9.65. The van der Waals surface area contributed by atoms with Gasteiger partial charge in [-0.3, -0.25) is 0 Å². The second-order valence-corrected chi connectivity index (χ2v) is 3.63. The molecular formula is C10H12F3N3O3. The van der Waals surface area contributed by atoms with E-state index >= 15 is 0 Å². The Morgan fingerprint density at radius 3 is 2.53 bits per heavy atom. The van der Waals surface area contributed by atoms with E-state index in [9.17, 15) is 13.2 Å². The van der Waals surface area contributed by atoms with Crippen LogP contribution < -0.4 is 11.2 Å². The molecule has 1 aliphatic rings. The van der Waals surface area contributed by atoms with Gasteiger partial charge in [-0.2, -0.15) is 18.7 Å². The Kier molecular flexibility index (Phi) is 5.07. The molecule has 1 aliphatic heterocycles. The molecule has 0 radical (unpaired) electrons. The number of aromatic nitrogens is 1. The summed E-state index contributed by atoms with van der Waals surface area (Å²) in [5, 5.41) is 7.12. The van der Waals surface area contributed by atoms with Gasteiger partial charge < -0.3 is 15.7 Å². The van der Waals surface area contributed by atoms with Crippen molar-refractivity contribution < 1.29 is 27.9 Å². The Morgan fingerprint density at radius 1 is 1.53 bits per heavy atom. The quantitative estimate of drug-likeness (QED) is 0.716.